The van der Waals surface area contributed by atoms with Crippen molar-refractivity contribution in [2.45, 2.75) is 37.5 Å². The summed E-state index contributed by atoms with van der Waals surface area (Å²) in [7, 11) is -3.62. The number of aromatic nitrogens is 1. The summed E-state index contributed by atoms with van der Waals surface area (Å²) < 4.78 is 34.3. The molecule has 1 N–H and O–H groups in total. The van der Waals surface area contributed by atoms with Crippen molar-refractivity contribution >= 4 is 43.1 Å². The van der Waals surface area contributed by atoms with Gasteiger partial charge in [-0.2, -0.15) is 4.37 Å². The van der Waals surface area contributed by atoms with Crippen LogP contribution in [0.3, 0.4) is 0 Å². The van der Waals surface area contributed by atoms with Gasteiger partial charge in [-0.25, -0.2) is 8.42 Å². The van der Waals surface area contributed by atoms with Crippen molar-refractivity contribution < 1.29 is 8.42 Å². The van der Waals surface area contributed by atoms with Gasteiger partial charge in [-0.05, 0) is 70.9 Å². The lowest BCUT2D eigenvalue weighted by atomic mass is 9.87. The Morgan fingerprint density at radius 1 is 0.892 bits per heavy atom. The second kappa shape index (κ2) is 10.4. The van der Waals surface area contributed by atoms with Crippen LogP contribution in [0.4, 0.5) is 11.5 Å². The second-order valence-electron chi connectivity index (χ2n) is 10.7. The highest BCUT2D eigenvalue weighted by Crippen LogP contribution is 2.30. The van der Waals surface area contributed by atoms with Crippen molar-refractivity contribution in [1.82, 2.24) is 9.27 Å². The molecule has 1 fully saturated rings. The quantitative estimate of drug-likeness (QED) is 0.327. The summed E-state index contributed by atoms with van der Waals surface area (Å²) in [5.41, 5.74) is 2.86. The summed E-state index contributed by atoms with van der Waals surface area (Å²) in [4.78, 5) is 5.16. The van der Waals surface area contributed by atoms with Crippen LogP contribution in [0.2, 0.25) is 0 Å². The van der Waals surface area contributed by atoms with Gasteiger partial charge in [0.1, 0.15) is 5.82 Å². The van der Waals surface area contributed by atoms with E-state index in [-0.39, 0.29) is 10.3 Å². The number of rotatable bonds is 7. The smallest absolute Gasteiger partial charge is 0.261 e. The highest BCUT2D eigenvalue weighted by Gasteiger charge is 2.21. The number of sulfonamides is 1. The lowest BCUT2D eigenvalue weighted by Crippen LogP contribution is -2.47. The minimum Gasteiger partial charge on any atom is -0.353 e. The number of anilines is 2. The predicted molar refractivity (Wildman–Crippen MR) is 154 cm³/mol. The SMILES string of the molecule is CC(C)(C)c1ccc(S(=O)(=O)Nc2ccc(CCN3CCN(c4nsc5ccccc45)CC3)cc2)cc1. The number of hydrogen-bond acceptors (Lipinski definition) is 6. The van der Waals surface area contributed by atoms with Crippen LogP contribution in [0.25, 0.3) is 10.1 Å². The van der Waals surface area contributed by atoms with Gasteiger partial charge in [0, 0.05) is 43.8 Å². The summed E-state index contributed by atoms with van der Waals surface area (Å²) in [5, 5.41) is 1.25. The summed E-state index contributed by atoms with van der Waals surface area (Å²) >= 11 is 1.57. The number of nitrogens with zero attached hydrogens (tertiary/aromatic N) is 3. The average molecular weight is 535 g/mol. The Kier molecular flexibility index (Phi) is 7.25. The number of fused-ring (bicyclic) bond motifs is 1. The lowest BCUT2D eigenvalue weighted by Gasteiger charge is -2.35. The van der Waals surface area contributed by atoms with Gasteiger partial charge in [0.15, 0.2) is 0 Å². The third-order valence-electron chi connectivity index (χ3n) is 6.98. The van der Waals surface area contributed by atoms with E-state index < -0.39 is 10.0 Å². The molecular weight excluding hydrogens is 500 g/mol. The molecule has 0 spiro atoms. The molecule has 5 rings (SSSR count). The van der Waals surface area contributed by atoms with E-state index in [4.69, 9.17) is 4.37 Å². The maximum Gasteiger partial charge on any atom is 0.261 e. The maximum absolute atomic E-state index is 12.8. The van der Waals surface area contributed by atoms with Crippen LogP contribution in [-0.4, -0.2) is 50.4 Å². The Morgan fingerprint density at radius 2 is 1.57 bits per heavy atom. The van der Waals surface area contributed by atoms with Crippen LogP contribution in [0, 0.1) is 0 Å². The van der Waals surface area contributed by atoms with Crippen LogP contribution in [-0.2, 0) is 21.9 Å². The van der Waals surface area contributed by atoms with Gasteiger partial charge < -0.3 is 4.90 Å². The van der Waals surface area contributed by atoms with Crippen LogP contribution in [0.5, 0.6) is 0 Å². The first kappa shape index (κ1) is 25.7. The molecule has 4 aromatic rings. The molecule has 0 saturated carbocycles. The largest absolute Gasteiger partial charge is 0.353 e. The molecule has 8 heteroatoms. The van der Waals surface area contributed by atoms with Crippen LogP contribution < -0.4 is 9.62 Å². The fraction of sp³-hybridized carbons (Fsp3) is 0.345. The van der Waals surface area contributed by atoms with Crippen molar-refractivity contribution in [3.63, 3.8) is 0 Å². The average Bonchev–Trinajstić information content (AvgIpc) is 3.32. The number of benzene rings is 3. The molecule has 37 heavy (non-hydrogen) atoms. The van der Waals surface area contributed by atoms with Gasteiger partial charge in [-0.3, -0.25) is 9.62 Å². The normalized spacial score (nSPS) is 15.3. The van der Waals surface area contributed by atoms with Crippen molar-refractivity contribution in [2.75, 3.05) is 42.3 Å². The molecule has 0 bridgehead atoms. The van der Waals surface area contributed by atoms with Crippen molar-refractivity contribution in [3.05, 3.63) is 83.9 Å². The highest BCUT2D eigenvalue weighted by atomic mass is 32.2. The lowest BCUT2D eigenvalue weighted by molar-refractivity contribution is 0.261. The molecular formula is C29H34N4O2S2. The summed E-state index contributed by atoms with van der Waals surface area (Å²) in [6, 6.07) is 23.3. The Morgan fingerprint density at radius 3 is 2.24 bits per heavy atom. The fourth-order valence-electron chi connectivity index (χ4n) is 4.66. The van der Waals surface area contributed by atoms with E-state index in [2.05, 4.69) is 59.6 Å². The molecule has 0 unspecified atom stereocenters. The zero-order chi connectivity index (χ0) is 26.0. The monoisotopic (exact) mass is 534 g/mol. The maximum atomic E-state index is 12.8. The minimum atomic E-state index is -3.62. The number of nitrogens with one attached hydrogen (secondary N) is 1. The molecule has 0 radical (unpaired) electrons. The second-order valence-corrected chi connectivity index (χ2v) is 13.1. The number of hydrogen-bond donors (Lipinski definition) is 1. The van der Waals surface area contributed by atoms with Crippen molar-refractivity contribution in [1.29, 1.82) is 0 Å². The highest BCUT2D eigenvalue weighted by molar-refractivity contribution is 7.92. The number of piperazine rings is 1. The first-order chi connectivity index (χ1) is 17.7. The topological polar surface area (TPSA) is 65.5 Å². The molecule has 1 saturated heterocycles. The molecule has 0 atom stereocenters. The zero-order valence-corrected chi connectivity index (χ0v) is 23.3. The fourth-order valence-corrected chi connectivity index (χ4v) is 6.51. The van der Waals surface area contributed by atoms with E-state index in [1.165, 1.54) is 15.6 Å². The van der Waals surface area contributed by atoms with E-state index in [0.717, 1.165) is 50.5 Å². The van der Waals surface area contributed by atoms with Gasteiger partial charge in [-0.1, -0.05) is 57.2 Å². The molecule has 0 aliphatic carbocycles. The molecule has 194 valence electrons. The van der Waals surface area contributed by atoms with Crippen molar-refractivity contribution in [2.24, 2.45) is 0 Å². The Bertz CT molecular complexity index is 1450. The third-order valence-corrected chi connectivity index (χ3v) is 9.20. The Balaban J connectivity index is 1.12. The minimum absolute atomic E-state index is 0.0186. The van der Waals surface area contributed by atoms with Crippen molar-refractivity contribution in [3.8, 4) is 0 Å². The molecule has 3 aromatic carbocycles. The van der Waals surface area contributed by atoms with Crippen LogP contribution >= 0.6 is 11.5 Å². The molecule has 6 nitrogen and oxygen atoms in total. The Hall–Kier alpha value is -2.94. The predicted octanol–water partition coefficient (Wildman–Crippen LogP) is 5.76. The van der Waals surface area contributed by atoms with Gasteiger partial charge in [-0.15, -0.1) is 0 Å². The Labute approximate surface area is 224 Å². The van der Waals surface area contributed by atoms with E-state index in [9.17, 15) is 8.42 Å². The van der Waals surface area contributed by atoms with Gasteiger partial charge >= 0.3 is 0 Å². The van der Waals surface area contributed by atoms with Gasteiger partial charge in [0.25, 0.3) is 10.0 Å². The van der Waals surface area contributed by atoms with Crippen LogP contribution in [0.1, 0.15) is 31.9 Å². The molecule has 1 aliphatic heterocycles. The standard InChI is InChI=1S/C29H34N4O2S2/c1-29(2,3)23-10-14-25(15-11-23)37(34,35)31-24-12-8-22(9-13-24)16-17-32-18-20-33(21-19-32)28-26-6-4-5-7-27(26)36-30-28/h4-15,31H,16-21H2,1-3H3. The van der Waals surface area contributed by atoms with E-state index in [0.29, 0.717) is 5.69 Å². The van der Waals surface area contributed by atoms with E-state index in [1.807, 2.05) is 36.4 Å². The van der Waals surface area contributed by atoms with Crippen LogP contribution in [0.15, 0.2) is 77.7 Å². The summed E-state index contributed by atoms with van der Waals surface area (Å²) in [6.07, 6.45) is 0.931. The zero-order valence-electron chi connectivity index (χ0n) is 21.6. The summed E-state index contributed by atoms with van der Waals surface area (Å²) in [5.74, 6) is 1.11. The molecule has 1 aromatic heterocycles. The first-order valence-corrected chi connectivity index (χ1v) is 15.0. The molecule has 0 amide bonds. The molecule has 1 aliphatic rings. The first-order valence-electron chi connectivity index (χ1n) is 12.7. The third kappa shape index (κ3) is 5.98. The van der Waals surface area contributed by atoms with E-state index >= 15 is 0 Å². The van der Waals surface area contributed by atoms with Gasteiger partial charge in [0.2, 0.25) is 0 Å². The van der Waals surface area contributed by atoms with Gasteiger partial charge in [0.05, 0.1) is 9.60 Å². The summed E-state index contributed by atoms with van der Waals surface area (Å²) in [6.45, 7) is 11.3. The van der Waals surface area contributed by atoms with E-state index in [1.54, 1.807) is 23.7 Å². The molecule has 2 heterocycles.